The molecule has 3 N–H and O–H groups in total. The van der Waals surface area contributed by atoms with Crippen LogP contribution in [-0.2, 0) is 16.1 Å². The normalized spacial score (nSPS) is 17.8. The van der Waals surface area contributed by atoms with Gasteiger partial charge in [-0.2, -0.15) is 0 Å². The molecular weight excluding hydrogens is 331 g/mol. The van der Waals surface area contributed by atoms with Crippen molar-refractivity contribution in [2.45, 2.75) is 19.6 Å². The Morgan fingerprint density at radius 3 is 2.91 bits per heavy atom. The summed E-state index contributed by atoms with van der Waals surface area (Å²) in [6.45, 7) is 1.26. The summed E-state index contributed by atoms with van der Waals surface area (Å²) in [5, 5.41) is 15.4. The molecule has 0 saturated heterocycles. The van der Waals surface area contributed by atoms with Gasteiger partial charge in [0.2, 0.25) is 0 Å². The number of aliphatic hydroxyl groups is 1. The van der Waals surface area contributed by atoms with Gasteiger partial charge < -0.3 is 20.5 Å². The van der Waals surface area contributed by atoms with Crippen LogP contribution in [0.4, 0.5) is 4.39 Å². The summed E-state index contributed by atoms with van der Waals surface area (Å²) >= 11 is 10.8. The van der Waals surface area contributed by atoms with E-state index in [2.05, 4.69) is 10.6 Å². The quantitative estimate of drug-likeness (QED) is 0.570. The fourth-order valence-corrected chi connectivity index (χ4v) is 2.57. The molecule has 1 atom stereocenters. The number of thiocarbonyl (C=S) groups is 1. The van der Waals surface area contributed by atoms with Gasteiger partial charge in [-0.3, -0.25) is 0 Å². The maximum atomic E-state index is 13.0. The zero-order chi connectivity index (χ0) is 16.3. The SMILES string of the molecule is CC1=C(C(=O)OCc2ccc(F)cc2Cl)C(CO)NC(=S)N1. The van der Waals surface area contributed by atoms with Crippen molar-refractivity contribution in [3.63, 3.8) is 0 Å². The minimum atomic E-state index is -0.634. The second-order valence-corrected chi connectivity index (χ2v) is 5.50. The van der Waals surface area contributed by atoms with Gasteiger partial charge in [-0.05, 0) is 31.3 Å². The van der Waals surface area contributed by atoms with Gasteiger partial charge in [-0.15, -0.1) is 0 Å². The summed E-state index contributed by atoms with van der Waals surface area (Å²) in [7, 11) is 0. The van der Waals surface area contributed by atoms with Crippen molar-refractivity contribution in [1.82, 2.24) is 10.6 Å². The molecule has 0 radical (unpaired) electrons. The molecule has 0 amide bonds. The van der Waals surface area contributed by atoms with Crippen LogP contribution in [0.15, 0.2) is 29.5 Å². The van der Waals surface area contributed by atoms with Crippen molar-refractivity contribution in [2.24, 2.45) is 0 Å². The number of ether oxygens (including phenoxy) is 1. The smallest absolute Gasteiger partial charge is 0.338 e. The zero-order valence-corrected chi connectivity index (χ0v) is 13.2. The molecule has 1 aromatic rings. The van der Waals surface area contributed by atoms with Crippen LogP contribution in [0.1, 0.15) is 12.5 Å². The second-order valence-electron chi connectivity index (χ2n) is 4.68. The van der Waals surface area contributed by atoms with Crippen molar-refractivity contribution in [3.05, 3.63) is 45.9 Å². The molecule has 0 aromatic heterocycles. The minimum absolute atomic E-state index is 0.0999. The number of carbonyl (C=O) groups is 1. The fraction of sp³-hybridized carbons (Fsp3) is 0.286. The van der Waals surface area contributed by atoms with Crippen molar-refractivity contribution in [2.75, 3.05) is 6.61 Å². The lowest BCUT2D eigenvalue weighted by Crippen LogP contribution is -2.51. The van der Waals surface area contributed by atoms with Gasteiger partial charge in [-0.25, -0.2) is 9.18 Å². The number of rotatable bonds is 4. The van der Waals surface area contributed by atoms with E-state index in [0.717, 1.165) is 6.07 Å². The van der Waals surface area contributed by atoms with E-state index >= 15 is 0 Å². The molecule has 118 valence electrons. The molecule has 1 aromatic carbocycles. The highest BCUT2D eigenvalue weighted by Gasteiger charge is 2.29. The van der Waals surface area contributed by atoms with E-state index in [0.29, 0.717) is 16.4 Å². The summed E-state index contributed by atoms with van der Waals surface area (Å²) in [4.78, 5) is 12.2. The van der Waals surface area contributed by atoms with E-state index in [1.807, 2.05) is 0 Å². The third-order valence-corrected chi connectivity index (χ3v) is 3.71. The predicted octanol–water partition coefficient (Wildman–Crippen LogP) is 1.63. The molecule has 1 unspecified atom stereocenters. The van der Waals surface area contributed by atoms with Crippen molar-refractivity contribution in [3.8, 4) is 0 Å². The Bertz CT molecular complexity index is 651. The van der Waals surface area contributed by atoms with E-state index in [9.17, 15) is 14.3 Å². The number of hydrogen-bond donors (Lipinski definition) is 3. The third kappa shape index (κ3) is 3.73. The van der Waals surface area contributed by atoms with Gasteiger partial charge in [0.1, 0.15) is 12.4 Å². The first-order valence-electron chi connectivity index (χ1n) is 6.42. The first-order chi connectivity index (χ1) is 10.4. The highest BCUT2D eigenvalue weighted by molar-refractivity contribution is 7.80. The number of esters is 1. The summed E-state index contributed by atoms with van der Waals surface area (Å²) in [5.41, 5.74) is 1.26. The molecule has 8 heteroatoms. The largest absolute Gasteiger partial charge is 0.457 e. The number of benzene rings is 1. The predicted molar refractivity (Wildman–Crippen MR) is 83.6 cm³/mol. The first-order valence-corrected chi connectivity index (χ1v) is 7.21. The number of hydrogen-bond acceptors (Lipinski definition) is 4. The Hall–Kier alpha value is -1.70. The number of nitrogens with one attached hydrogen (secondary N) is 2. The topological polar surface area (TPSA) is 70.6 Å². The molecule has 0 aliphatic carbocycles. The average molecular weight is 345 g/mol. The maximum absolute atomic E-state index is 13.0. The Labute approximate surface area is 137 Å². The molecule has 5 nitrogen and oxygen atoms in total. The Morgan fingerprint density at radius 1 is 1.55 bits per heavy atom. The van der Waals surface area contributed by atoms with Gasteiger partial charge in [0.25, 0.3) is 0 Å². The summed E-state index contributed by atoms with van der Waals surface area (Å²) in [5.74, 6) is -1.08. The van der Waals surface area contributed by atoms with Crippen LogP contribution in [0.5, 0.6) is 0 Å². The van der Waals surface area contributed by atoms with Crippen molar-refractivity contribution < 1.29 is 19.0 Å². The first kappa shape index (κ1) is 16.7. The number of carbonyl (C=O) groups excluding carboxylic acids is 1. The maximum Gasteiger partial charge on any atom is 0.338 e. The van der Waals surface area contributed by atoms with Gasteiger partial charge in [0.05, 0.1) is 23.2 Å². The van der Waals surface area contributed by atoms with Crippen LogP contribution < -0.4 is 10.6 Å². The standard InChI is InChI=1S/C14H14ClFN2O3S/c1-7-12(11(5-19)18-14(22)17-7)13(20)21-6-8-2-3-9(16)4-10(8)15/h2-4,11,19H,5-6H2,1H3,(H2,17,18,22). The Morgan fingerprint density at radius 2 is 2.27 bits per heavy atom. The van der Waals surface area contributed by atoms with Crippen molar-refractivity contribution >= 4 is 34.9 Å². The van der Waals surface area contributed by atoms with E-state index in [1.54, 1.807) is 6.92 Å². The van der Waals surface area contributed by atoms with Gasteiger partial charge in [0, 0.05) is 11.3 Å². The zero-order valence-electron chi connectivity index (χ0n) is 11.7. The molecule has 1 aliphatic rings. The monoisotopic (exact) mass is 344 g/mol. The molecular formula is C14H14ClFN2O3S. The van der Waals surface area contributed by atoms with Crippen molar-refractivity contribution in [1.29, 1.82) is 0 Å². The summed E-state index contributed by atoms with van der Waals surface area (Å²) < 4.78 is 18.2. The molecule has 0 spiro atoms. The molecule has 0 bridgehead atoms. The molecule has 2 rings (SSSR count). The van der Waals surface area contributed by atoms with Crippen LogP contribution in [0, 0.1) is 5.82 Å². The average Bonchev–Trinajstić information content (AvgIpc) is 2.45. The van der Waals surface area contributed by atoms with Gasteiger partial charge in [-0.1, -0.05) is 17.7 Å². The second kappa shape index (κ2) is 7.04. The van der Waals surface area contributed by atoms with E-state index in [4.69, 9.17) is 28.6 Å². The van der Waals surface area contributed by atoms with E-state index < -0.39 is 17.8 Å². The minimum Gasteiger partial charge on any atom is -0.457 e. The Kier molecular flexibility index (Phi) is 5.33. The van der Waals surface area contributed by atoms with Gasteiger partial charge >= 0.3 is 5.97 Å². The fourth-order valence-electron chi connectivity index (χ4n) is 2.06. The summed E-state index contributed by atoms with van der Waals surface area (Å²) in [6.07, 6.45) is 0. The van der Waals surface area contributed by atoms with Crippen LogP contribution in [0.3, 0.4) is 0 Å². The number of allylic oxidation sites excluding steroid dienone is 1. The third-order valence-electron chi connectivity index (χ3n) is 3.14. The van der Waals surface area contributed by atoms with Crippen LogP contribution in [0.25, 0.3) is 0 Å². The Balaban J connectivity index is 2.11. The highest BCUT2D eigenvalue weighted by Crippen LogP contribution is 2.20. The molecule has 22 heavy (non-hydrogen) atoms. The van der Waals surface area contributed by atoms with E-state index in [-0.39, 0.29) is 23.8 Å². The summed E-state index contributed by atoms with van der Waals surface area (Å²) in [6, 6.07) is 3.19. The lowest BCUT2D eigenvalue weighted by Gasteiger charge is -2.28. The lowest BCUT2D eigenvalue weighted by molar-refractivity contribution is -0.140. The van der Waals surface area contributed by atoms with Gasteiger partial charge in [0.15, 0.2) is 5.11 Å². The molecule has 1 heterocycles. The number of aliphatic hydroxyl groups excluding tert-OH is 1. The van der Waals surface area contributed by atoms with E-state index in [1.165, 1.54) is 12.1 Å². The molecule has 1 aliphatic heterocycles. The van der Waals surface area contributed by atoms with Crippen LogP contribution in [0.2, 0.25) is 5.02 Å². The molecule has 0 fully saturated rings. The lowest BCUT2D eigenvalue weighted by atomic mass is 10.0. The molecule has 0 saturated carbocycles. The highest BCUT2D eigenvalue weighted by atomic mass is 35.5. The van der Waals surface area contributed by atoms with Crippen LogP contribution >= 0.6 is 23.8 Å². The van der Waals surface area contributed by atoms with Crippen LogP contribution in [-0.4, -0.2) is 28.8 Å². The number of halogens is 2.